The van der Waals surface area contributed by atoms with Crippen molar-refractivity contribution in [1.82, 2.24) is 0 Å². The number of carbonyl (C=O) groups is 2. The van der Waals surface area contributed by atoms with Gasteiger partial charge < -0.3 is 5.11 Å². The van der Waals surface area contributed by atoms with Crippen molar-refractivity contribution in [3.05, 3.63) is 112 Å². The van der Waals surface area contributed by atoms with Crippen LogP contribution in [0.15, 0.2) is 95.0 Å². The minimum atomic E-state index is -1.03. The zero-order chi connectivity index (χ0) is 20.4. The van der Waals surface area contributed by atoms with Crippen molar-refractivity contribution in [2.24, 2.45) is 0 Å². The number of carboxylic acid groups (broad SMARTS) is 1. The van der Waals surface area contributed by atoms with Crippen LogP contribution in [0.3, 0.4) is 0 Å². The molecule has 1 aliphatic rings. The second kappa shape index (κ2) is 7.89. The summed E-state index contributed by atoms with van der Waals surface area (Å²) in [5.41, 5.74) is 3.67. The van der Waals surface area contributed by atoms with Gasteiger partial charge in [0.25, 0.3) is 5.91 Å². The Morgan fingerprint density at radius 1 is 0.931 bits per heavy atom. The SMILES string of the molecule is O=C(O)c1cccc(N2C(=O)/C(=C/c3ccc(Br)cc3)C=C2c2ccccc2)c1. The Morgan fingerprint density at radius 3 is 2.34 bits per heavy atom. The van der Waals surface area contributed by atoms with Gasteiger partial charge in [0.1, 0.15) is 0 Å². The third kappa shape index (κ3) is 3.91. The molecule has 0 unspecified atom stereocenters. The van der Waals surface area contributed by atoms with E-state index < -0.39 is 5.97 Å². The molecule has 0 radical (unpaired) electrons. The summed E-state index contributed by atoms with van der Waals surface area (Å²) in [6.45, 7) is 0. The lowest BCUT2D eigenvalue weighted by Crippen LogP contribution is -2.25. The van der Waals surface area contributed by atoms with Crippen molar-refractivity contribution in [2.45, 2.75) is 0 Å². The third-order valence-corrected chi connectivity index (χ3v) is 5.12. The van der Waals surface area contributed by atoms with E-state index in [9.17, 15) is 14.7 Å². The topological polar surface area (TPSA) is 57.6 Å². The van der Waals surface area contributed by atoms with Crippen LogP contribution in [0.1, 0.15) is 21.5 Å². The van der Waals surface area contributed by atoms with Crippen LogP contribution >= 0.6 is 15.9 Å². The first-order chi connectivity index (χ1) is 14.0. The summed E-state index contributed by atoms with van der Waals surface area (Å²) in [7, 11) is 0. The molecule has 29 heavy (non-hydrogen) atoms. The number of benzene rings is 3. The Bertz CT molecular complexity index is 1150. The molecule has 0 fully saturated rings. The average Bonchev–Trinajstić information content (AvgIpc) is 3.06. The summed E-state index contributed by atoms with van der Waals surface area (Å²) >= 11 is 3.41. The molecule has 5 heteroatoms. The van der Waals surface area contributed by atoms with Crippen LogP contribution in [-0.4, -0.2) is 17.0 Å². The van der Waals surface area contributed by atoms with Gasteiger partial charge in [0.2, 0.25) is 0 Å². The number of nitrogens with zero attached hydrogens (tertiary/aromatic N) is 1. The van der Waals surface area contributed by atoms with Gasteiger partial charge in [0.15, 0.2) is 0 Å². The summed E-state index contributed by atoms with van der Waals surface area (Å²) in [6, 6.07) is 23.7. The summed E-state index contributed by atoms with van der Waals surface area (Å²) in [5, 5.41) is 9.34. The fourth-order valence-electron chi connectivity index (χ4n) is 3.21. The molecule has 0 spiro atoms. The van der Waals surface area contributed by atoms with E-state index in [4.69, 9.17) is 0 Å². The third-order valence-electron chi connectivity index (χ3n) is 4.60. The van der Waals surface area contributed by atoms with Gasteiger partial charge in [-0.25, -0.2) is 4.79 Å². The number of hydrogen-bond acceptors (Lipinski definition) is 2. The molecule has 1 N–H and O–H groups in total. The molecule has 142 valence electrons. The average molecular weight is 446 g/mol. The smallest absolute Gasteiger partial charge is 0.335 e. The molecular weight excluding hydrogens is 430 g/mol. The summed E-state index contributed by atoms with van der Waals surface area (Å²) in [5.74, 6) is -1.23. The van der Waals surface area contributed by atoms with E-state index in [2.05, 4.69) is 15.9 Å². The van der Waals surface area contributed by atoms with Crippen LogP contribution in [0, 0.1) is 0 Å². The van der Waals surface area contributed by atoms with Crippen molar-refractivity contribution >= 4 is 45.3 Å². The van der Waals surface area contributed by atoms with Crippen LogP contribution in [0.25, 0.3) is 11.8 Å². The molecule has 3 aromatic rings. The van der Waals surface area contributed by atoms with Gasteiger partial charge in [-0.3, -0.25) is 9.69 Å². The number of amides is 1. The first-order valence-corrected chi connectivity index (χ1v) is 9.74. The number of carbonyl (C=O) groups excluding carboxylic acids is 1. The van der Waals surface area contributed by atoms with E-state index in [0.717, 1.165) is 15.6 Å². The second-order valence-corrected chi connectivity index (χ2v) is 7.46. The highest BCUT2D eigenvalue weighted by molar-refractivity contribution is 9.10. The van der Waals surface area contributed by atoms with Crippen molar-refractivity contribution in [1.29, 1.82) is 0 Å². The van der Waals surface area contributed by atoms with E-state index >= 15 is 0 Å². The number of hydrogen-bond donors (Lipinski definition) is 1. The number of rotatable bonds is 4. The van der Waals surface area contributed by atoms with Crippen LogP contribution in [-0.2, 0) is 4.79 Å². The molecule has 1 heterocycles. The van der Waals surface area contributed by atoms with Crippen LogP contribution in [0.4, 0.5) is 5.69 Å². The molecule has 0 aromatic heterocycles. The van der Waals surface area contributed by atoms with Crippen LogP contribution < -0.4 is 4.90 Å². The van der Waals surface area contributed by atoms with Gasteiger partial charge in [-0.1, -0.05) is 64.5 Å². The van der Waals surface area contributed by atoms with Crippen LogP contribution in [0.5, 0.6) is 0 Å². The Labute approximate surface area is 176 Å². The van der Waals surface area contributed by atoms with E-state index in [1.54, 1.807) is 17.0 Å². The predicted molar refractivity (Wildman–Crippen MR) is 117 cm³/mol. The van der Waals surface area contributed by atoms with E-state index in [1.165, 1.54) is 12.1 Å². The van der Waals surface area contributed by atoms with Crippen molar-refractivity contribution in [2.75, 3.05) is 4.90 Å². The van der Waals surface area contributed by atoms with Crippen molar-refractivity contribution < 1.29 is 14.7 Å². The Hall–Kier alpha value is -3.44. The normalized spacial score (nSPS) is 14.9. The fourth-order valence-corrected chi connectivity index (χ4v) is 3.47. The Balaban J connectivity index is 1.82. The minimum absolute atomic E-state index is 0.132. The van der Waals surface area contributed by atoms with E-state index in [1.807, 2.05) is 66.7 Å². The largest absolute Gasteiger partial charge is 0.478 e. The molecule has 1 aliphatic heterocycles. The molecule has 0 bridgehead atoms. The first kappa shape index (κ1) is 18.9. The van der Waals surface area contributed by atoms with Crippen molar-refractivity contribution in [3.8, 4) is 0 Å². The van der Waals surface area contributed by atoms with Gasteiger partial charge in [0, 0.05) is 10.0 Å². The molecule has 4 rings (SSSR count). The van der Waals surface area contributed by atoms with E-state index in [-0.39, 0.29) is 11.5 Å². The molecule has 1 amide bonds. The zero-order valence-electron chi connectivity index (χ0n) is 15.2. The monoisotopic (exact) mass is 445 g/mol. The lowest BCUT2D eigenvalue weighted by molar-refractivity contribution is -0.113. The van der Waals surface area contributed by atoms with Crippen molar-refractivity contribution in [3.63, 3.8) is 0 Å². The number of aromatic carboxylic acids is 1. The lowest BCUT2D eigenvalue weighted by atomic mass is 10.1. The van der Waals surface area contributed by atoms with Gasteiger partial charge in [-0.15, -0.1) is 0 Å². The highest BCUT2D eigenvalue weighted by Crippen LogP contribution is 2.35. The molecular formula is C24H16BrNO3. The second-order valence-electron chi connectivity index (χ2n) is 6.54. The summed E-state index contributed by atoms with van der Waals surface area (Å²) < 4.78 is 0.963. The predicted octanol–water partition coefficient (Wildman–Crippen LogP) is 5.62. The van der Waals surface area contributed by atoms with E-state index in [0.29, 0.717) is 17.0 Å². The molecule has 0 atom stereocenters. The molecule has 0 saturated heterocycles. The maximum absolute atomic E-state index is 13.3. The molecule has 3 aromatic carbocycles. The van der Waals surface area contributed by atoms with Gasteiger partial charge in [0.05, 0.1) is 16.9 Å². The zero-order valence-corrected chi connectivity index (χ0v) is 16.8. The summed E-state index contributed by atoms with van der Waals surface area (Å²) in [6.07, 6.45) is 3.67. The highest BCUT2D eigenvalue weighted by atomic mass is 79.9. The number of halogens is 1. The quantitative estimate of drug-likeness (QED) is 0.530. The highest BCUT2D eigenvalue weighted by Gasteiger charge is 2.30. The maximum Gasteiger partial charge on any atom is 0.335 e. The lowest BCUT2D eigenvalue weighted by Gasteiger charge is -2.21. The molecule has 0 saturated carbocycles. The fraction of sp³-hybridized carbons (Fsp3) is 0. The minimum Gasteiger partial charge on any atom is -0.478 e. The Morgan fingerprint density at radius 2 is 1.66 bits per heavy atom. The summed E-state index contributed by atoms with van der Waals surface area (Å²) in [4.78, 5) is 26.3. The molecule has 4 nitrogen and oxygen atoms in total. The van der Waals surface area contributed by atoms with Gasteiger partial charge >= 0.3 is 5.97 Å². The maximum atomic E-state index is 13.3. The Kier molecular flexibility index (Phi) is 5.14. The first-order valence-electron chi connectivity index (χ1n) is 8.95. The van der Waals surface area contributed by atoms with Gasteiger partial charge in [-0.2, -0.15) is 0 Å². The molecule has 0 aliphatic carbocycles. The number of carboxylic acids is 1. The number of anilines is 1. The van der Waals surface area contributed by atoms with Crippen LogP contribution in [0.2, 0.25) is 0 Å². The standard InChI is InChI=1S/C24H16BrNO3/c25-20-11-9-16(10-12-20)13-19-15-22(17-5-2-1-3-6-17)26(23(19)27)21-8-4-7-18(14-21)24(28)29/h1-15H,(H,28,29)/b19-13+. The van der Waals surface area contributed by atoms with Gasteiger partial charge in [-0.05, 0) is 53.6 Å².